The summed E-state index contributed by atoms with van der Waals surface area (Å²) < 4.78 is 6.12. The van der Waals surface area contributed by atoms with E-state index in [9.17, 15) is 5.11 Å². The van der Waals surface area contributed by atoms with Crippen LogP contribution in [0.1, 0.15) is 18.9 Å². The fraction of sp³-hybridized carbons (Fsp3) is 0.455. The minimum atomic E-state index is -1.02. The molecule has 3 nitrogen and oxygen atoms in total. The molecule has 0 fully saturated rings. The van der Waals surface area contributed by atoms with Crippen LogP contribution in [0.25, 0.3) is 0 Å². The summed E-state index contributed by atoms with van der Waals surface area (Å²) in [5.74, 6) is 0.660. The molecule has 0 radical (unpaired) electrons. The average Bonchev–Trinajstić information content (AvgIpc) is 2.28. The van der Waals surface area contributed by atoms with Crippen LogP contribution in [-0.2, 0) is 5.60 Å². The maximum atomic E-state index is 10.3. The zero-order chi connectivity index (χ0) is 11.5. The second-order valence-corrected chi connectivity index (χ2v) is 4.35. The molecule has 1 aromatic rings. The summed E-state index contributed by atoms with van der Waals surface area (Å²) in [6, 6.07) is 5.53. The fourth-order valence-corrected chi connectivity index (χ4v) is 1.85. The fourth-order valence-electron chi connectivity index (χ4n) is 1.49. The lowest BCUT2D eigenvalue weighted by atomic mass is 9.90. The molecule has 1 atom stereocenters. The van der Waals surface area contributed by atoms with Gasteiger partial charge in [0.2, 0.25) is 0 Å². The van der Waals surface area contributed by atoms with Gasteiger partial charge >= 0.3 is 0 Å². The van der Waals surface area contributed by atoms with Crippen molar-refractivity contribution in [3.63, 3.8) is 0 Å². The number of nitrogens with two attached hydrogens (primary N) is 1. The molecule has 15 heavy (non-hydrogen) atoms. The van der Waals surface area contributed by atoms with E-state index >= 15 is 0 Å². The van der Waals surface area contributed by atoms with E-state index < -0.39 is 5.60 Å². The molecule has 1 unspecified atom stereocenters. The van der Waals surface area contributed by atoms with E-state index in [4.69, 9.17) is 10.5 Å². The molecule has 0 spiro atoms. The van der Waals surface area contributed by atoms with E-state index in [1.807, 2.05) is 25.1 Å². The summed E-state index contributed by atoms with van der Waals surface area (Å²) >= 11 is 3.37. The third-order valence-corrected chi connectivity index (χ3v) is 3.08. The Hall–Kier alpha value is -0.580. The van der Waals surface area contributed by atoms with E-state index in [0.29, 0.717) is 12.2 Å². The first-order valence-electron chi connectivity index (χ1n) is 4.84. The van der Waals surface area contributed by atoms with Gasteiger partial charge in [-0.1, -0.05) is 22.9 Å². The van der Waals surface area contributed by atoms with Crippen LogP contribution < -0.4 is 10.5 Å². The third kappa shape index (κ3) is 2.51. The second-order valence-electron chi connectivity index (χ2n) is 3.43. The van der Waals surface area contributed by atoms with Crippen molar-refractivity contribution in [3.05, 3.63) is 28.2 Å². The Kier molecular flexibility index (Phi) is 4.13. The predicted octanol–water partition coefficient (Wildman–Crippen LogP) is 2.01. The molecule has 0 aromatic heterocycles. The van der Waals surface area contributed by atoms with Crippen molar-refractivity contribution in [1.82, 2.24) is 0 Å². The van der Waals surface area contributed by atoms with Gasteiger partial charge in [-0.05, 0) is 24.6 Å². The summed E-state index contributed by atoms with van der Waals surface area (Å²) in [6.45, 7) is 2.07. The molecule has 0 aliphatic heterocycles. The first-order chi connectivity index (χ1) is 7.07. The summed E-state index contributed by atoms with van der Waals surface area (Å²) in [5.41, 5.74) is 5.31. The van der Waals surface area contributed by atoms with Gasteiger partial charge in [-0.15, -0.1) is 0 Å². The summed E-state index contributed by atoms with van der Waals surface area (Å²) in [7, 11) is 1.58. The van der Waals surface area contributed by atoms with Gasteiger partial charge in [-0.2, -0.15) is 0 Å². The van der Waals surface area contributed by atoms with Crippen LogP contribution in [0.15, 0.2) is 22.7 Å². The molecular formula is C11H16BrNO2. The minimum absolute atomic E-state index is 0.177. The molecule has 0 heterocycles. The molecule has 1 rings (SSSR count). The Balaban J connectivity index is 3.26. The standard InChI is InChI=1S/C11H16BrNO2/c1-3-11(14,7-13)9-6-8(12)4-5-10(9)15-2/h4-6,14H,3,7,13H2,1-2H3. The van der Waals surface area contributed by atoms with E-state index in [0.717, 1.165) is 10.0 Å². The van der Waals surface area contributed by atoms with E-state index in [-0.39, 0.29) is 6.54 Å². The highest BCUT2D eigenvalue weighted by Crippen LogP contribution is 2.33. The first kappa shape index (κ1) is 12.5. The van der Waals surface area contributed by atoms with Crippen molar-refractivity contribution < 1.29 is 9.84 Å². The van der Waals surface area contributed by atoms with Gasteiger partial charge in [-0.25, -0.2) is 0 Å². The van der Waals surface area contributed by atoms with Crippen molar-refractivity contribution in [2.45, 2.75) is 18.9 Å². The molecule has 0 saturated heterocycles. The summed E-state index contributed by atoms with van der Waals surface area (Å²) in [6.07, 6.45) is 0.552. The molecule has 0 amide bonds. The van der Waals surface area contributed by atoms with E-state index in [1.165, 1.54) is 0 Å². The van der Waals surface area contributed by atoms with Gasteiger partial charge in [0.25, 0.3) is 0 Å². The van der Waals surface area contributed by atoms with Gasteiger partial charge in [0, 0.05) is 16.6 Å². The lowest BCUT2D eigenvalue weighted by molar-refractivity contribution is 0.0393. The highest BCUT2D eigenvalue weighted by Gasteiger charge is 2.28. The molecule has 4 heteroatoms. The number of aliphatic hydroxyl groups is 1. The van der Waals surface area contributed by atoms with Crippen LogP contribution in [0.4, 0.5) is 0 Å². The molecular weight excluding hydrogens is 258 g/mol. The van der Waals surface area contributed by atoms with Crippen LogP contribution in [0.2, 0.25) is 0 Å². The second kappa shape index (κ2) is 4.96. The Bertz CT molecular complexity index is 337. The number of hydrogen-bond acceptors (Lipinski definition) is 3. The number of rotatable bonds is 4. The lowest BCUT2D eigenvalue weighted by Gasteiger charge is -2.27. The average molecular weight is 274 g/mol. The number of ether oxygens (including phenoxy) is 1. The Morgan fingerprint density at radius 3 is 2.67 bits per heavy atom. The molecule has 0 saturated carbocycles. The van der Waals surface area contributed by atoms with Gasteiger partial charge < -0.3 is 15.6 Å². The number of methoxy groups -OCH3 is 1. The van der Waals surface area contributed by atoms with Crippen molar-refractivity contribution in [3.8, 4) is 5.75 Å². The molecule has 0 aliphatic carbocycles. The van der Waals surface area contributed by atoms with E-state index in [1.54, 1.807) is 7.11 Å². The Labute approximate surface area is 98.4 Å². The minimum Gasteiger partial charge on any atom is -0.496 e. The predicted molar refractivity (Wildman–Crippen MR) is 63.9 cm³/mol. The van der Waals surface area contributed by atoms with Crippen LogP contribution in [-0.4, -0.2) is 18.8 Å². The number of halogens is 1. The number of hydrogen-bond donors (Lipinski definition) is 2. The maximum Gasteiger partial charge on any atom is 0.125 e. The Morgan fingerprint density at radius 2 is 2.20 bits per heavy atom. The first-order valence-corrected chi connectivity index (χ1v) is 5.63. The monoisotopic (exact) mass is 273 g/mol. The van der Waals surface area contributed by atoms with Gasteiger partial charge in [-0.3, -0.25) is 0 Å². The largest absolute Gasteiger partial charge is 0.496 e. The highest BCUT2D eigenvalue weighted by atomic mass is 79.9. The van der Waals surface area contributed by atoms with Gasteiger partial charge in [0.05, 0.1) is 7.11 Å². The zero-order valence-electron chi connectivity index (χ0n) is 8.96. The van der Waals surface area contributed by atoms with Crippen LogP contribution in [0, 0.1) is 0 Å². The van der Waals surface area contributed by atoms with Gasteiger partial charge in [0.15, 0.2) is 0 Å². The van der Waals surface area contributed by atoms with Crippen molar-refractivity contribution in [2.24, 2.45) is 5.73 Å². The zero-order valence-corrected chi connectivity index (χ0v) is 10.5. The Morgan fingerprint density at radius 1 is 1.53 bits per heavy atom. The van der Waals surface area contributed by atoms with Gasteiger partial charge in [0.1, 0.15) is 11.4 Å². The normalized spacial score (nSPS) is 14.7. The molecule has 3 N–H and O–H groups in total. The van der Waals surface area contributed by atoms with Crippen LogP contribution >= 0.6 is 15.9 Å². The number of benzene rings is 1. The third-order valence-electron chi connectivity index (χ3n) is 2.59. The van der Waals surface area contributed by atoms with Crippen molar-refractivity contribution >= 4 is 15.9 Å². The molecule has 0 aliphatic rings. The maximum absolute atomic E-state index is 10.3. The highest BCUT2D eigenvalue weighted by molar-refractivity contribution is 9.10. The topological polar surface area (TPSA) is 55.5 Å². The smallest absolute Gasteiger partial charge is 0.125 e. The SMILES string of the molecule is CCC(O)(CN)c1cc(Br)ccc1OC. The summed E-state index contributed by atoms with van der Waals surface area (Å²) in [4.78, 5) is 0. The molecule has 1 aromatic carbocycles. The van der Waals surface area contributed by atoms with Crippen molar-refractivity contribution in [1.29, 1.82) is 0 Å². The lowest BCUT2D eigenvalue weighted by Crippen LogP contribution is -2.34. The van der Waals surface area contributed by atoms with E-state index in [2.05, 4.69) is 15.9 Å². The van der Waals surface area contributed by atoms with Crippen LogP contribution in [0.5, 0.6) is 5.75 Å². The summed E-state index contributed by atoms with van der Waals surface area (Å²) in [5, 5.41) is 10.3. The van der Waals surface area contributed by atoms with Crippen molar-refractivity contribution in [2.75, 3.05) is 13.7 Å². The quantitative estimate of drug-likeness (QED) is 0.883. The van der Waals surface area contributed by atoms with Crippen LogP contribution in [0.3, 0.4) is 0 Å². The molecule has 84 valence electrons. The molecule has 0 bridgehead atoms.